The minimum Gasteiger partial charge on any atom is -0.309 e. The fraction of sp³-hybridized carbons (Fsp3) is 0.354. The van der Waals surface area contributed by atoms with Gasteiger partial charge in [0, 0.05) is 5.56 Å². The molecule has 1 heteroatoms. The van der Waals surface area contributed by atoms with Crippen molar-refractivity contribution in [2.75, 3.05) is 4.90 Å². The third-order valence-electron chi connectivity index (χ3n) is 17.8. The molecule has 0 fully saturated rings. The summed E-state index contributed by atoms with van der Waals surface area (Å²) in [5.74, 6) is 0. The molecule has 332 valence electrons. The number of fused-ring (bicyclic) bond motifs is 13. The first-order valence-corrected chi connectivity index (χ1v) is 25.2. The summed E-state index contributed by atoms with van der Waals surface area (Å²) in [5, 5.41) is 0. The van der Waals surface area contributed by atoms with Crippen molar-refractivity contribution in [3.8, 4) is 33.4 Å². The molecule has 0 saturated heterocycles. The van der Waals surface area contributed by atoms with E-state index in [1.807, 2.05) is 0 Å². The van der Waals surface area contributed by atoms with Crippen molar-refractivity contribution in [1.82, 2.24) is 0 Å². The summed E-state index contributed by atoms with van der Waals surface area (Å²) in [6.45, 7) is 25.0. The molecule has 0 bridgehead atoms. The number of benzene rings is 7. The SMILES string of the molecule is Cc1ccc2c(c1N(c1cc3c(cc1-c1cccc4c1CCCC4)-c1ccccc1C31c3ccccc3-c3ccccc31)c1c(C)ccc3c1C(C)(C)CCC3(C)C)C(C)(C)CCC2(C)C. The number of hydrogen-bond acceptors (Lipinski definition) is 1. The van der Waals surface area contributed by atoms with Crippen LogP contribution in [-0.4, -0.2) is 0 Å². The Kier molecular flexibility index (Phi) is 8.97. The molecule has 7 aromatic carbocycles. The zero-order chi connectivity index (χ0) is 45.7. The van der Waals surface area contributed by atoms with Crippen molar-refractivity contribution in [3.63, 3.8) is 0 Å². The van der Waals surface area contributed by atoms with Gasteiger partial charge in [-0.3, -0.25) is 0 Å². The van der Waals surface area contributed by atoms with Crippen LogP contribution in [-0.2, 0) is 39.9 Å². The molecule has 0 saturated carbocycles. The van der Waals surface area contributed by atoms with Gasteiger partial charge in [0.15, 0.2) is 0 Å². The Morgan fingerprint density at radius 1 is 0.379 bits per heavy atom. The summed E-state index contributed by atoms with van der Waals surface area (Å²) in [6, 6.07) is 50.7. The van der Waals surface area contributed by atoms with Gasteiger partial charge < -0.3 is 4.90 Å². The normalized spacial score (nSPS) is 19.2. The molecule has 0 amide bonds. The quantitative estimate of drug-likeness (QED) is 0.170. The monoisotopic (exact) mass is 862 g/mol. The van der Waals surface area contributed by atoms with E-state index in [4.69, 9.17) is 0 Å². The Labute approximate surface area is 395 Å². The third-order valence-corrected chi connectivity index (χ3v) is 17.8. The number of rotatable bonds is 4. The Morgan fingerprint density at radius 3 is 1.36 bits per heavy atom. The largest absolute Gasteiger partial charge is 0.309 e. The van der Waals surface area contributed by atoms with Crippen LogP contribution in [0.5, 0.6) is 0 Å². The van der Waals surface area contributed by atoms with E-state index in [0.29, 0.717) is 0 Å². The Hall–Kier alpha value is -5.66. The van der Waals surface area contributed by atoms with Gasteiger partial charge in [0.05, 0.1) is 22.5 Å². The van der Waals surface area contributed by atoms with E-state index in [0.717, 1.165) is 25.7 Å². The van der Waals surface area contributed by atoms with Crippen molar-refractivity contribution in [2.45, 2.75) is 148 Å². The second-order valence-corrected chi connectivity index (χ2v) is 23.6. The zero-order valence-corrected chi connectivity index (χ0v) is 41.2. The molecule has 5 aliphatic rings. The second-order valence-electron chi connectivity index (χ2n) is 23.6. The average Bonchev–Trinajstić information content (AvgIpc) is 3.77. The van der Waals surface area contributed by atoms with Crippen molar-refractivity contribution < 1.29 is 0 Å². The summed E-state index contributed by atoms with van der Waals surface area (Å²) in [6.07, 6.45) is 9.41. The maximum atomic E-state index is 2.90. The van der Waals surface area contributed by atoms with Crippen molar-refractivity contribution in [2.24, 2.45) is 0 Å². The molecule has 5 aliphatic carbocycles. The first-order valence-electron chi connectivity index (χ1n) is 25.2. The highest BCUT2D eigenvalue weighted by Crippen LogP contribution is 2.66. The highest BCUT2D eigenvalue weighted by molar-refractivity contribution is 6.01. The highest BCUT2D eigenvalue weighted by Gasteiger charge is 2.53. The van der Waals surface area contributed by atoms with Gasteiger partial charge >= 0.3 is 0 Å². The molecular formula is C65H67N. The van der Waals surface area contributed by atoms with Gasteiger partial charge in [-0.2, -0.15) is 0 Å². The fourth-order valence-electron chi connectivity index (χ4n) is 14.1. The molecular weight excluding hydrogens is 795 g/mol. The van der Waals surface area contributed by atoms with Gasteiger partial charge in [-0.25, -0.2) is 0 Å². The maximum absolute atomic E-state index is 2.90. The van der Waals surface area contributed by atoms with E-state index in [2.05, 4.69) is 202 Å². The highest BCUT2D eigenvalue weighted by atomic mass is 15.2. The lowest BCUT2D eigenvalue weighted by atomic mass is 9.61. The van der Waals surface area contributed by atoms with Gasteiger partial charge in [-0.1, -0.05) is 171 Å². The van der Waals surface area contributed by atoms with Crippen LogP contribution < -0.4 is 4.90 Å². The van der Waals surface area contributed by atoms with E-state index in [1.54, 1.807) is 5.56 Å². The number of anilines is 3. The van der Waals surface area contributed by atoms with E-state index in [9.17, 15) is 0 Å². The van der Waals surface area contributed by atoms with Gasteiger partial charge in [0.25, 0.3) is 0 Å². The topological polar surface area (TPSA) is 3.24 Å². The lowest BCUT2D eigenvalue weighted by molar-refractivity contribution is 0.331. The van der Waals surface area contributed by atoms with E-state index in [1.165, 1.54) is 137 Å². The average molecular weight is 862 g/mol. The minimum atomic E-state index is -0.465. The zero-order valence-electron chi connectivity index (χ0n) is 41.2. The van der Waals surface area contributed by atoms with Gasteiger partial charge in [0.2, 0.25) is 0 Å². The van der Waals surface area contributed by atoms with Crippen LogP contribution in [0.25, 0.3) is 33.4 Å². The molecule has 0 aromatic heterocycles. The van der Waals surface area contributed by atoms with Crippen LogP contribution in [0.4, 0.5) is 17.1 Å². The molecule has 0 aliphatic heterocycles. The Bertz CT molecular complexity index is 3050. The molecule has 0 heterocycles. The molecule has 1 spiro atoms. The summed E-state index contributed by atoms with van der Waals surface area (Å²) < 4.78 is 0. The number of aryl methyl sites for hydroxylation is 3. The molecule has 12 rings (SSSR count). The maximum Gasteiger partial charge on any atom is 0.0726 e. The molecule has 0 unspecified atom stereocenters. The third kappa shape index (κ3) is 5.64. The van der Waals surface area contributed by atoms with Crippen LogP contribution in [0.2, 0.25) is 0 Å². The van der Waals surface area contributed by atoms with Crippen molar-refractivity contribution in [1.29, 1.82) is 0 Å². The standard InChI is InChI=1S/C65H67N/c1-40-30-32-53-57(63(7,8)36-34-61(53,3)4)59(40)66(60-41(2)31-33-54-58(60)64(9,10)37-35-62(54,5)6)56-39-55-48(38-49(56)44-26-19-21-42-20-11-12-22-43(42)44)47-25-15-18-29-52(47)65(55)50-27-16-13-23-45(50)46-24-14-17-28-51(46)65/h13-19,21,23-33,38-39H,11-12,20,22,34-37H2,1-10H3. The Balaban J connectivity index is 1.31. The predicted molar refractivity (Wildman–Crippen MR) is 280 cm³/mol. The summed E-state index contributed by atoms with van der Waals surface area (Å²) in [4.78, 5) is 2.90. The van der Waals surface area contributed by atoms with Gasteiger partial charge in [-0.15, -0.1) is 0 Å². The number of hydrogen-bond donors (Lipinski definition) is 0. The van der Waals surface area contributed by atoms with Crippen LogP contribution >= 0.6 is 0 Å². The van der Waals surface area contributed by atoms with Crippen molar-refractivity contribution >= 4 is 17.1 Å². The van der Waals surface area contributed by atoms with E-state index in [-0.39, 0.29) is 21.7 Å². The van der Waals surface area contributed by atoms with E-state index < -0.39 is 5.41 Å². The second kappa shape index (κ2) is 14.2. The van der Waals surface area contributed by atoms with Crippen LogP contribution in [0.3, 0.4) is 0 Å². The van der Waals surface area contributed by atoms with Gasteiger partial charge in [-0.05, 0) is 194 Å². The summed E-state index contributed by atoms with van der Waals surface area (Å²) in [7, 11) is 0. The first-order chi connectivity index (χ1) is 31.6. The predicted octanol–water partition coefficient (Wildman–Crippen LogP) is 17.4. The molecule has 7 aromatic rings. The molecule has 66 heavy (non-hydrogen) atoms. The molecule has 0 N–H and O–H groups in total. The molecule has 0 atom stereocenters. The van der Waals surface area contributed by atoms with Crippen LogP contribution in [0.1, 0.15) is 161 Å². The molecule has 0 radical (unpaired) electrons. The van der Waals surface area contributed by atoms with E-state index >= 15 is 0 Å². The van der Waals surface area contributed by atoms with Crippen LogP contribution in [0, 0.1) is 13.8 Å². The smallest absolute Gasteiger partial charge is 0.0726 e. The lowest BCUT2D eigenvalue weighted by Gasteiger charge is -2.48. The number of nitrogens with zero attached hydrogens (tertiary/aromatic N) is 1. The fourth-order valence-corrected chi connectivity index (χ4v) is 14.1. The van der Waals surface area contributed by atoms with Crippen LogP contribution in [0.15, 0.2) is 127 Å². The lowest BCUT2D eigenvalue weighted by Crippen LogP contribution is -2.38. The summed E-state index contributed by atoms with van der Waals surface area (Å²) in [5.41, 5.74) is 29.3. The van der Waals surface area contributed by atoms with Gasteiger partial charge in [0.1, 0.15) is 0 Å². The Morgan fingerprint density at radius 2 is 0.833 bits per heavy atom. The van der Waals surface area contributed by atoms with Crippen molar-refractivity contribution in [3.05, 3.63) is 194 Å². The minimum absolute atomic E-state index is 0.0361. The molecule has 1 nitrogen and oxygen atoms in total. The first kappa shape index (κ1) is 41.7. The summed E-state index contributed by atoms with van der Waals surface area (Å²) >= 11 is 0.